The van der Waals surface area contributed by atoms with Crippen LogP contribution in [-0.4, -0.2) is 39.1 Å². The van der Waals surface area contributed by atoms with Crippen LogP contribution in [0.5, 0.6) is 11.5 Å². The van der Waals surface area contributed by atoms with E-state index in [0.717, 1.165) is 0 Å². The fourth-order valence-electron chi connectivity index (χ4n) is 4.48. The normalized spacial score (nSPS) is 16.3. The average molecular weight is 465 g/mol. The molecule has 4 aromatic rings. The van der Waals surface area contributed by atoms with Crippen LogP contribution >= 0.6 is 0 Å². The van der Waals surface area contributed by atoms with Gasteiger partial charge in [-0.05, 0) is 37.2 Å². The number of fused-ring (bicyclic) bond motifs is 1. The minimum absolute atomic E-state index is 0.255. The molecule has 1 atom stereocenters. The van der Waals surface area contributed by atoms with E-state index in [4.69, 9.17) is 13.9 Å². The van der Waals surface area contributed by atoms with Crippen LogP contribution in [0.3, 0.4) is 0 Å². The van der Waals surface area contributed by atoms with Gasteiger partial charge in [-0.25, -0.2) is 14.2 Å². The maximum Gasteiger partial charge on any atom is 0.441 e. The van der Waals surface area contributed by atoms with Gasteiger partial charge in [0.1, 0.15) is 19.0 Å². The van der Waals surface area contributed by atoms with E-state index in [1.165, 1.54) is 16.9 Å². The maximum atomic E-state index is 14.6. The molecule has 0 fully saturated rings. The first-order valence-electron chi connectivity index (χ1n) is 11.0. The molecule has 2 aromatic heterocycles. The molecule has 6 rings (SSSR count). The summed E-state index contributed by atoms with van der Waals surface area (Å²) in [4.78, 5) is 28.6. The third-order valence-corrected chi connectivity index (χ3v) is 6.02. The molecule has 0 radical (unpaired) electrons. The van der Waals surface area contributed by atoms with Gasteiger partial charge < -0.3 is 23.8 Å². The zero-order valence-corrected chi connectivity index (χ0v) is 18.0. The standard InChI is InChI=1S/C23H20FN5O5/c24-14-4-5-15-22-21(14)16(12-28(22)20(30)11-26-15)25-7-1-2-19-27-29(23(31)34-19)13-3-6-17-18(10-13)33-9-8-32-17/h3-6,10-11,16,25H,1-2,7-9,12H2/t16-/m1/s1. The molecular formula is C23H20FN5O5. The molecule has 0 amide bonds. The van der Waals surface area contributed by atoms with Crippen LogP contribution in [0.1, 0.15) is 23.9 Å². The highest BCUT2D eigenvalue weighted by atomic mass is 19.1. The predicted octanol–water partition coefficient (Wildman–Crippen LogP) is 1.72. The van der Waals surface area contributed by atoms with Gasteiger partial charge >= 0.3 is 5.76 Å². The molecule has 34 heavy (non-hydrogen) atoms. The molecule has 174 valence electrons. The van der Waals surface area contributed by atoms with Gasteiger partial charge in [-0.2, -0.15) is 4.68 Å². The van der Waals surface area contributed by atoms with Crippen molar-refractivity contribution in [2.45, 2.75) is 25.4 Å². The highest BCUT2D eigenvalue weighted by molar-refractivity contribution is 5.80. The number of nitrogens with one attached hydrogen (secondary N) is 1. The quantitative estimate of drug-likeness (QED) is 0.429. The molecule has 1 N–H and O–H groups in total. The lowest BCUT2D eigenvalue weighted by molar-refractivity contribution is 0.171. The van der Waals surface area contributed by atoms with Crippen LogP contribution in [-0.2, 0) is 13.0 Å². The van der Waals surface area contributed by atoms with Crippen LogP contribution in [0.4, 0.5) is 4.39 Å². The second kappa shape index (κ2) is 8.10. The number of nitrogens with zero attached hydrogens (tertiary/aromatic N) is 4. The van der Waals surface area contributed by atoms with E-state index in [1.807, 2.05) is 0 Å². The molecule has 0 saturated carbocycles. The number of halogens is 1. The summed E-state index contributed by atoms with van der Waals surface area (Å²) in [6.07, 6.45) is 2.26. The lowest BCUT2D eigenvalue weighted by Gasteiger charge is -2.18. The molecule has 2 aliphatic rings. The van der Waals surface area contributed by atoms with E-state index in [-0.39, 0.29) is 17.4 Å². The number of hydrogen-bond acceptors (Lipinski definition) is 8. The highest BCUT2D eigenvalue weighted by Crippen LogP contribution is 2.33. The Kier molecular flexibility index (Phi) is 4.91. The Balaban J connectivity index is 1.12. The Bertz CT molecular complexity index is 1520. The van der Waals surface area contributed by atoms with E-state index in [1.54, 1.807) is 28.8 Å². The van der Waals surface area contributed by atoms with Crippen molar-refractivity contribution in [3.63, 3.8) is 0 Å². The second-order valence-corrected chi connectivity index (χ2v) is 8.15. The molecule has 2 aliphatic heterocycles. The summed E-state index contributed by atoms with van der Waals surface area (Å²) in [5, 5.41) is 7.59. The third kappa shape index (κ3) is 3.45. The Morgan fingerprint density at radius 2 is 1.97 bits per heavy atom. The van der Waals surface area contributed by atoms with Crippen molar-refractivity contribution in [1.29, 1.82) is 0 Å². The zero-order chi connectivity index (χ0) is 23.2. The van der Waals surface area contributed by atoms with Crippen LogP contribution in [0.2, 0.25) is 0 Å². The van der Waals surface area contributed by atoms with Gasteiger partial charge in [0.2, 0.25) is 5.89 Å². The zero-order valence-electron chi connectivity index (χ0n) is 18.0. The van der Waals surface area contributed by atoms with Crippen molar-refractivity contribution < 1.29 is 18.3 Å². The average Bonchev–Trinajstić information content (AvgIpc) is 3.42. The van der Waals surface area contributed by atoms with E-state index in [9.17, 15) is 14.0 Å². The number of benzene rings is 2. The molecule has 0 unspecified atom stereocenters. The monoisotopic (exact) mass is 465 g/mol. The minimum atomic E-state index is -0.591. The van der Waals surface area contributed by atoms with Crippen molar-refractivity contribution in [3.8, 4) is 17.2 Å². The van der Waals surface area contributed by atoms with Crippen molar-refractivity contribution in [2.75, 3.05) is 19.8 Å². The summed E-state index contributed by atoms with van der Waals surface area (Å²) < 4.78 is 33.7. The molecular weight excluding hydrogens is 445 g/mol. The Morgan fingerprint density at radius 1 is 1.12 bits per heavy atom. The van der Waals surface area contributed by atoms with Gasteiger partial charge in [0.25, 0.3) is 5.56 Å². The summed E-state index contributed by atoms with van der Waals surface area (Å²) in [6.45, 7) is 1.77. The first-order chi connectivity index (χ1) is 16.6. The summed E-state index contributed by atoms with van der Waals surface area (Å²) in [6, 6.07) is 7.74. The number of aryl methyl sites for hydroxylation is 1. The lowest BCUT2D eigenvalue weighted by atomic mass is 10.1. The van der Waals surface area contributed by atoms with E-state index < -0.39 is 5.76 Å². The molecule has 4 heterocycles. The van der Waals surface area contributed by atoms with Gasteiger partial charge in [-0.15, -0.1) is 5.10 Å². The fraction of sp³-hybridized carbons (Fsp3) is 0.304. The third-order valence-electron chi connectivity index (χ3n) is 6.02. The van der Waals surface area contributed by atoms with Gasteiger partial charge in [-0.1, -0.05) is 0 Å². The topological polar surface area (TPSA) is 113 Å². The van der Waals surface area contributed by atoms with Crippen LogP contribution in [0.25, 0.3) is 16.7 Å². The molecule has 0 saturated heterocycles. The Hall–Kier alpha value is -3.99. The van der Waals surface area contributed by atoms with Crippen molar-refractivity contribution in [2.24, 2.45) is 0 Å². The van der Waals surface area contributed by atoms with E-state index >= 15 is 0 Å². The Labute approximate surface area is 191 Å². The first-order valence-corrected chi connectivity index (χ1v) is 11.0. The van der Waals surface area contributed by atoms with Crippen LogP contribution in [0, 0.1) is 5.82 Å². The minimum Gasteiger partial charge on any atom is -0.486 e. The number of aromatic nitrogens is 4. The van der Waals surface area contributed by atoms with Gasteiger partial charge in [0.15, 0.2) is 11.5 Å². The van der Waals surface area contributed by atoms with Crippen molar-refractivity contribution in [3.05, 3.63) is 74.7 Å². The lowest BCUT2D eigenvalue weighted by Crippen LogP contribution is -2.26. The summed E-state index contributed by atoms with van der Waals surface area (Å²) >= 11 is 0. The second-order valence-electron chi connectivity index (χ2n) is 8.15. The summed E-state index contributed by atoms with van der Waals surface area (Å²) in [5.74, 6) is 0.514. The van der Waals surface area contributed by atoms with Gasteiger partial charge in [0.05, 0.1) is 29.0 Å². The first kappa shape index (κ1) is 20.6. The van der Waals surface area contributed by atoms with Crippen LogP contribution < -0.4 is 26.1 Å². The molecule has 0 aliphatic carbocycles. The summed E-state index contributed by atoms with van der Waals surface area (Å²) in [7, 11) is 0. The van der Waals surface area contributed by atoms with Crippen molar-refractivity contribution >= 4 is 11.0 Å². The number of rotatable bonds is 6. The highest BCUT2D eigenvalue weighted by Gasteiger charge is 2.28. The molecule has 10 nitrogen and oxygen atoms in total. The van der Waals surface area contributed by atoms with E-state index in [2.05, 4.69) is 15.4 Å². The molecule has 2 aromatic carbocycles. The SMILES string of the molecule is O=c1oc(CCCN[C@@H]2Cn3c(=O)cnc4ccc(F)c2c43)nn1-c1ccc2c(c1)OCCO2. The largest absolute Gasteiger partial charge is 0.486 e. The predicted molar refractivity (Wildman–Crippen MR) is 118 cm³/mol. The maximum absolute atomic E-state index is 14.6. The van der Waals surface area contributed by atoms with E-state index in [0.29, 0.717) is 78.8 Å². The fourth-order valence-corrected chi connectivity index (χ4v) is 4.48. The summed E-state index contributed by atoms with van der Waals surface area (Å²) in [5.41, 5.74) is 1.85. The molecule has 0 spiro atoms. The molecule has 11 heteroatoms. The van der Waals surface area contributed by atoms with Crippen LogP contribution in [0.15, 0.2) is 50.5 Å². The Morgan fingerprint density at radius 3 is 2.85 bits per heavy atom. The van der Waals surface area contributed by atoms with Gasteiger partial charge in [-0.3, -0.25) is 4.79 Å². The molecule has 0 bridgehead atoms. The van der Waals surface area contributed by atoms with Crippen molar-refractivity contribution in [1.82, 2.24) is 24.6 Å². The smallest absolute Gasteiger partial charge is 0.441 e. The van der Waals surface area contributed by atoms with Gasteiger partial charge in [0, 0.05) is 24.6 Å². The number of hydrogen-bond donors (Lipinski definition) is 1. The number of ether oxygens (including phenoxy) is 2.